The van der Waals surface area contributed by atoms with E-state index in [1.54, 1.807) is 12.1 Å². The van der Waals surface area contributed by atoms with E-state index in [4.69, 9.17) is 11.6 Å². The minimum Gasteiger partial charge on any atom is -0.295 e. The standard InChI is InChI=1S/C21H23ClFN3O/c1-14(2)25(3)13-21(27)26-20(17-6-4-5-7-18(17)22)12-19(24-26)15-8-10-16(23)11-9-15/h4-11,14,20H,12-13H2,1-3H3/t20-/m1/s1. The van der Waals surface area contributed by atoms with Crippen molar-refractivity contribution in [3.05, 3.63) is 70.5 Å². The third kappa shape index (κ3) is 4.37. The first kappa shape index (κ1) is 19.5. The molecule has 1 aliphatic rings. The quantitative estimate of drug-likeness (QED) is 0.757. The molecule has 2 aromatic rings. The van der Waals surface area contributed by atoms with Crippen molar-refractivity contribution in [1.29, 1.82) is 0 Å². The van der Waals surface area contributed by atoms with Crippen molar-refractivity contribution in [3.63, 3.8) is 0 Å². The first-order valence-electron chi connectivity index (χ1n) is 8.97. The molecule has 0 N–H and O–H groups in total. The van der Waals surface area contributed by atoms with Crippen LogP contribution in [-0.4, -0.2) is 41.2 Å². The molecule has 1 atom stereocenters. The Labute approximate surface area is 164 Å². The van der Waals surface area contributed by atoms with Gasteiger partial charge in [0.25, 0.3) is 5.91 Å². The van der Waals surface area contributed by atoms with Gasteiger partial charge in [0.15, 0.2) is 0 Å². The zero-order chi connectivity index (χ0) is 19.6. The average Bonchev–Trinajstić information content (AvgIpc) is 3.07. The summed E-state index contributed by atoms with van der Waals surface area (Å²) in [5, 5.41) is 6.72. The SMILES string of the molecule is CC(C)N(C)CC(=O)N1N=C(c2ccc(F)cc2)C[C@@H]1c1ccccc1Cl. The maximum absolute atomic E-state index is 13.3. The molecule has 0 saturated heterocycles. The molecule has 1 heterocycles. The zero-order valence-corrected chi connectivity index (χ0v) is 16.4. The van der Waals surface area contributed by atoms with Crippen LogP contribution in [0.1, 0.15) is 37.4 Å². The Morgan fingerprint density at radius 3 is 2.56 bits per heavy atom. The largest absolute Gasteiger partial charge is 0.295 e. The molecule has 0 bridgehead atoms. The van der Waals surface area contributed by atoms with Crippen molar-refractivity contribution in [2.75, 3.05) is 13.6 Å². The van der Waals surface area contributed by atoms with Gasteiger partial charge in [0.2, 0.25) is 0 Å². The maximum atomic E-state index is 13.3. The molecular formula is C21H23ClFN3O. The first-order chi connectivity index (χ1) is 12.9. The molecule has 0 radical (unpaired) electrons. The van der Waals surface area contributed by atoms with Crippen LogP contribution in [0.25, 0.3) is 0 Å². The third-order valence-electron chi connectivity index (χ3n) is 4.87. The van der Waals surface area contributed by atoms with Crippen LogP contribution in [0.5, 0.6) is 0 Å². The van der Waals surface area contributed by atoms with Crippen LogP contribution in [0.3, 0.4) is 0 Å². The third-order valence-corrected chi connectivity index (χ3v) is 5.22. The number of halogens is 2. The average molecular weight is 388 g/mol. The molecule has 0 aromatic heterocycles. The summed E-state index contributed by atoms with van der Waals surface area (Å²) >= 11 is 6.40. The fraction of sp³-hybridized carbons (Fsp3) is 0.333. The van der Waals surface area contributed by atoms with Gasteiger partial charge in [-0.15, -0.1) is 0 Å². The minimum atomic E-state index is -0.300. The molecule has 0 saturated carbocycles. The van der Waals surface area contributed by atoms with Crippen LogP contribution in [0, 0.1) is 5.82 Å². The lowest BCUT2D eigenvalue weighted by Crippen LogP contribution is -2.39. The summed E-state index contributed by atoms with van der Waals surface area (Å²) in [4.78, 5) is 14.9. The summed E-state index contributed by atoms with van der Waals surface area (Å²) in [6.07, 6.45) is 0.534. The monoisotopic (exact) mass is 387 g/mol. The van der Waals surface area contributed by atoms with E-state index in [0.717, 1.165) is 16.8 Å². The Morgan fingerprint density at radius 2 is 1.93 bits per heavy atom. The lowest BCUT2D eigenvalue weighted by molar-refractivity contribution is -0.134. The highest BCUT2D eigenvalue weighted by Gasteiger charge is 2.34. The molecule has 27 heavy (non-hydrogen) atoms. The van der Waals surface area contributed by atoms with Crippen LogP contribution >= 0.6 is 11.6 Å². The van der Waals surface area contributed by atoms with Crippen molar-refractivity contribution in [3.8, 4) is 0 Å². The lowest BCUT2D eigenvalue weighted by atomic mass is 9.98. The van der Waals surface area contributed by atoms with Gasteiger partial charge in [0.05, 0.1) is 18.3 Å². The smallest absolute Gasteiger partial charge is 0.257 e. The van der Waals surface area contributed by atoms with Gasteiger partial charge in [-0.05, 0) is 50.2 Å². The predicted molar refractivity (Wildman–Crippen MR) is 106 cm³/mol. The Morgan fingerprint density at radius 1 is 1.26 bits per heavy atom. The minimum absolute atomic E-state index is 0.0896. The van der Waals surface area contributed by atoms with Crippen LogP contribution in [0.15, 0.2) is 53.6 Å². The van der Waals surface area contributed by atoms with Crippen molar-refractivity contribution in [1.82, 2.24) is 9.91 Å². The summed E-state index contributed by atoms with van der Waals surface area (Å²) in [6, 6.07) is 13.7. The molecular weight excluding hydrogens is 365 g/mol. The second-order valence-electron chi connectivity index (χ2n) is 7.04. The van der Waals surface area contributed by atoms with Crippen LogP contribution in [0.2, 0.25) is 5.02 Å². The highest BCUT2D eigenvalue weighted by molar-refractivity contribution is 6.31. The highest BCUT2D eigenvalue weighted by Crippen LogP contribution is 2.36. The van der Waals surface area contributed by atoms with Gasteiger partial charge in [-0.3, -0.25) is 9.69 Å². The van der Waals surface area contributed by atoms with Crippen molar-refractivity contribution < 1.29 is 9.18 Å². The molecule has 0 spiro atoms. The van der Waals surface area contributed by atoms with Crippen LogP contribution in [0.4, 0.5) is 4.39 Å². The summed E-state index contributed by atoms with van der Waals surface area (Å²) in [6.45, 7) is 4.34. The van der Waals surface area contributed by atoms with E-state index in [0.29, 0.717) is 11.4 Å². The Hall–Kier alpha value is -2.24. The van der Waals surface area contributed by atoms with E-state index in [1.807, 2.05) is 50.1 Å². The molecule has 0 unspecified atom stereocenters. The van der Waals surface area contributed by atoms with Gasteiger partial charge in [-0.2, -0.15) is 5.10 Å². The Bertz CT molecular complexity index is 851. The highest BCUT2D eigenvalue weighted by atomic mass is 35.5. The summed E-state index contributed by atoms with van der Waals surface area (Å²) in [5.41, 5.74) is 2.42. The predicted octanol–water partition coefficient (Wildman–Crippen LogP) is 4.50. The topological polar surface area (TPSA) is 35.9 Å². The van der Waals surface area contributed by atoms with Crippen molar-refractivity contribution in [2.24, 2.45) is 5.10 Å². The van der Waals surface area contributed by atoms with E-state index in [2.05, 4.69) is 5.10 Å². The van der Waals surface area contributed by atoms with E-state index in [-0.39, 0.29) is 30.4 Å². The summed E-state index contributed by atoms with van der Waals surface area (Å²) in [7, 11) is 1.91. The van der Waals surface area contributed by atoms with E-state index in [9.17, 15) is 9.18 Å². The normalized spacial score (nSPS) is 16.9. The summed E-state index contributed by atoms with van der Waals surface area (Å²) in [5.74, 6) is -0.389. The number of nitrogens with zero attached hydrogens (tertiary/aromatic N) is 3. The van der Waals surface area contributed by atoms with Gasteiger partial charge in [-0.1, -0.05) is 41.9 Å². The molecule has 3 rings (SSSR count). The second-order valence-corrected chi connectivity index (χ2v) is 7.45. The number of carbonyl (C=O) groups excluding carboxylic acids is 1. The fourth-order valence-corrected chi connectivity index (χ4v) is 3.27. The van der Waals surface area contributed by atoms with E-state index in [1.165, 1.54) is 17.1 Å². The number of benzene rings is 2. The molecule has 1 aliphatic heterocycles. The van der Waals surface area contributed by atoms with Crippen LogP contribution < -0.4 is 0 Å². The molecule has 1 amide bonds. The number of amides is 1. The second kappa shape index (κ2) is 8.19. The van der Waals surface area contributed by atoms with Gasteiger partial charge in [0, 0.05) is 17.5 Å². The Kier molecular flexibility index (Phi) is 5.92. The van der Waals surface area contributed by atoms with Gasteiger partial charge >= 0.3 is 0 Å². The summed E-state index contributed by atoms with van der Waals surface area (Å²) < 4.78 is 13.3. The van der Waals surface area contributed by atoms with Crippen molar-refractivity contribution in [2.45, 2.75) is 32.4 Å². The van der Waals surface area contributed by atoms with Gasteiger partial charge in [0.1, 0.15) is 5.82 Å². The fourth-order valence-electron chi connectivity index (χ4n) is 3.01. The number of hydrogen-bond acceptors (Lipinski definition) is 3. The molecule has 6 heteroatoms. The molecule has 0 fully saturated rings. The molecule has 142 valence electrons. The number of rotatable bonds is 5. The lowest BCUT2D eigenvalue weighted by Gasteiger charge is -2.26. The van der Waals surface area contributed by atoms with E-state index >= 15 is 0 Å². The number of hydrogen-bond donors (Lipinski definition) is 0. The van der Waals surface area contributed by atoms with Crippen LogP contribution in [-0.2, 0) is 4.79 Å². The number of likely N-dealkylation sites (N-methyl/N-ethyl adjacent to an activating group) is 1. The van der Waals surface area contributed by atoms with Gasteiger partial charge < -0.3 is 0 Å². The van der Waals surface area contributed by atoms with Crippen molar-refractivity contribution >= 4 is 23.2 Å². The van der Waals surface area contributed by atoms with E-state index < -0.39 is 0 Å². The van der Waals surface area contributed by atoms with Gasteiger partial charge in [-0.25, -0.2) is 9.40 Å². The molecule has 0 aliphatic carbocycles. The number of hydrazone groups is 1. The Balaban J connectivity index is 1.93. The molecule has 4 nitrogen and oxygen atoms in total. The zero-order valence-electron chi connectivity index (χ0n) is 15.7. The molecule has 2 aromatic carbocycles. The maximum Gasteiger partial charge on any atom is 0.257 e. The first-order valence-corrected chi connectivity index (χ1v) is 9.34. The number of carbonyl (C=O) groups is 1.